The number of nitrogens with zero attached hydrogens (tertiary/aromatic N) is 1. The molecule has 0 atom stereocenters. The Balaban J connectivity index is 2.70. The Bertz CT molecular complexity index is 585. The van der Waals surface area contributed by atoms with Gasteiger partial charge in [0.15, 0.2) is 0 Å². The summed E-state index contributed by atoms with van der Waals surface area (Å²) >= 11 is 5.25. The maximum absolute atomic E-state index is 5.25. The van der Waals surface area contributed by atoms with Crippen molar-refractivity contribution in [3.05, 3.63) is 45.9 Å². The molecule has 16 heavy (non-hydrogen) atoms. The third-order valence-electron chi connectivity index (χ3n) is 2.80. The summed E-state index contributed by atoms with van der Waals surface area (Å²) in [6.07, 6.45) is 3.49. The van der Waals surface area contributed by atoms with Crippen LogP contribution in [0.5, 0.6) is 0 Å². The highest BCUT2D eigenvalue weighted by Crippen LogP contribution is 2.24. The van der Waals surface area contributed by atoms with Crippen LogP contribution in [0.1, 0.15) is 16.7 Å². The first-order valence-electron chi connectivity index (χ1n) is 5.21. The highest BCUT2D eigenvalue weighted by Gasteiger charge is 2.07. The molecule has 1 aromatic heterocycles. The third kappa shape index (κ3) is 1.91. The van der Waals surface area contributed by atoms with Crippen LogP contribution in [0, 0.1) is 25.4 Å². The number of hydrogen-bond acceptors (Lipinski definition) is 2. The molecule has 1 heterocycles. The molecule has 2 aromatic rings. The molecule has 0 aliphatic carbocycles. The van der Waals surface area contributed by atoms with Crippen LogP contribution in [-0.4, -0.2) is 9.97 Å². The minimum Gasteiger partial charge on any atom is -0.350 e. The van der Waals surface area contributed by atoms with Gasteiger partial charge < -0.3 is 4.98 Å². The van der Waals surface area contributed by atoms with Crippen LogP contribution in [0.15, 0.2) is 24.5 Å². The molecule has 2 rings (SSSR count). The fourth-order valence-electron chi connectivity index (χ4n) is 1.76. The molecule has 82 valence electrons. The monoisotopic (exact) mass is 230 g/mol. The van der Waals surface area contributed by atoms with Gasteiger partial charge in [-0.3, -0.25) is 4.98 Å². The molecule has 0 bridgehead atoms. The summed E-state index contributed by atoms with van der Waals surface area (Å²) in [5.41, 5.74) is 5.75. The number of H-pyrrole nitrogens is 1. The second-order valence-electron chi connectivity index (χ2n) is 4.02. The maximum atomic E-state index is 5.25. The molecule has 1 aromatic carbocycles. The number of hydrogen-bond donors (Lipinski definition) is 1. The Morgan fingerprint density at radius 1 is 1.06 bits per heavy atom. The summed E-state index contributed by atoms with van der Waals surface area (Å²) in [5, 5.41) is 0. The van der Waals surface area contributed by atoms with Crippen LogP contribution in [0.25, 0.3) is 11.3 Å². The van der Waals surface area contributed by atoms with Gasteiger partial charge in [0.25, 0.3) is 0 Å². The van der Waals surface area contributed by atoms with Gasteiger partial charge in [-0.1, -0.05) is 18.3 Å². The van der Waals surface area contributed by atoms with Crippen LogP contribution >= 0.6 is 12.2 Å². The highest BCUT2D eigenvalue weighted by molar-refractivity contribution is 7.71. The van der Waals surface area contributed by atoms with Crippen molar-refractivity contribution in [1.82, 2.24) is 9.97 Å². The predicted octanol–water partition coefficient (Wildman–Crippen LogP) is 3.73. The normalized spacial score (nSPS) is 10.4. The molecule has 2 nitrogen and oxygen atoms in total. The third-order valence-corrected chi connectivity index (χ3v) is 3.11. The van der Waals surface area contributed by atoms with E-state index in [2.05, 4.69) is 42.9 Å². The molecule has 0 radical (unpaired) electrons. The van der Waals surface area contributed by atoms with Crippen molar-refractivity contribution in [2.75, 3.05) is 0 Å². The summed E-state index contributed by atoms with van der Waals surface area (Å²) in [7, 11) is 0. The van der Waals surface area contributed by atoms with E-state index in [-0.39, 0.29) is 0 Å². The molecule has 0 aliphatic heterocycles. The Morgan fingerprint density at radius 3 is 2.44 bits per heavy atom. The smallest absolute Gasteiger partial charge is 0.129 e. The van der Waals surface area contributed by atoms with E-state index in [9.17, 15) is 0 Å². The van der Waals surface area contributed by atoms with Crippen molar-refractivity contribution in [1.29, 1.82) is 0 Å². The van der Waals surface area contributed by atoms with Crippen molar-refractivity contribution in [3.8, 4) is 11.3 Å². The minimum absolute atomic E-state index is 0.689. The van der Waals surface area contributed by atoms with Crippen LogP contribution in [0.4, 0.5) is 0 Å². The van der Waals surface area contributed by atoms with E-state index >= 15 is 0 Å². The molecule has 3 heteroatoms. The van der Waals surface area contributed by atoms with E-state index in [1.165, 1.54) is 16.7 Å². The summed E-state index contributed by atoms with van der Waals surface area (Å²) in [4.78, 5) is 7.36. The molecular formula is C13H14N2S. The maximum Gasteiger partial charge on any atom is 0.129 e. The Labute approximate surface area is 100 Å². The van der Waals surface area contributed by atoms with Gasteiger partial charge in [0.2, 0.25) is 0 Å². The fourth-order valence-corrected chi connectivity index (χ4v) is 1.99. The number of aromatic nitrogens is 2. The lowest BCUT2D eigenvalue weighted by Crippen LogP contribution is -1.92. The van der Waals surface area contributed by atoms with E-state index < -0.39 is 0 Å². The van der Waals surface area contributed by atoms with Gasteiger partial charge >= 0.3 is 0 Å². The first-order chi connectivity index (χ1) is 7.59. The lowest BCUT2D eigenvalue weighted by atomic mass is 9.99. The number of rotatable bonds is 1. The summed E-state index contributed by atoms with van der Waals surface area (Å²) in [6.45, 7) is 6.31. The zero-order valence-electron chi connectivity index (χ0n) is 9.66. The highest BCUT2D eigenvalue weighted by atomic mass is 32.1. The van der Waals surface area contributed by atoms with Gasteiger partial charge in [-0.25, -0.2) is 0 Å². The Morgan fingerprint density at radius 2 is 1.75 bits per heavy atom. The number of benzene rings is 1. The molecule has 1 N–H and O–H groups in total. The summed E-state index contributed by atoms with van der Waals surface area (Å²) < 4.78 is 0.689. The van der Waals surface area contributed by atoms with Gasteiger partial charge in [0, 0.05) is 18.0 Å². The molecule has 0 fully saturated rings. The molecule has 0 aliphatic rings. The molecular weight excluding hydrogens is 216 g/mol. The van der Waals surface area contributed by atoms with Crippen molar-refractivity contribution < 1.29 is 0 Å². The van der Waals surface area contributed by atoms with Gasteiger partial charge in [-0.15, -0.1) is 0 Å². The van der Waals surface area contributed by atoms with E-state index in [4.69, 9.17) is 12.2 Å². The lowest BCUT2D eigenvalue weighted by Gasteiger charge is -2.09. The van der Waals surface area contributed by atoms with Gasteiger partial charge in [-0.2, -0.15) is 0 Å². The topological polar surface area (TPSA) is 28.7 Å². The standard InChI is InChI=1S/C13H14N2S/c1-8-6-10(3)11(7-9(8)2)12-13(16)15-5-4-14-12/h4-7H,1-3H3,(H,15,16). The average Bonchev–Trinajstić information content (AvgIpc) is 2.25. The van der Waals surface area contributed by atoms with E-state index in [1.54, 1.807) is 12.4 Å². The van der Waals surface area contributed by atoms with Crippen LogP contribution in [-0.2, 0) is 0 Å². The van der Waals surface area contributed by atoms with E-state index in [1.807, 2.05) is 0 Å². The zero-order chi connectivity index (χ0) is 11.7. The average molecular weight is 230 g/mol. The Kier molecular flexibility index (Phi) is 2.88. The van der Waals surface area contributed by atoms with Crippen LogP contribution in [0.2, 0.25) is 0 Å². The van der Waals surface area contributed by atoms with Crippen LogP contribution in [0.3, 0.4) is 0 Å². The van der Waals surface area contributed by atoms with Crippen molar-refractivity contribution >= 4 is 12.2 Å². The minimum atomic E-state index is 0.689. The molecule has 0 unspecified atom stereocenters. The van der Waals surface area contributed by atoms with Crippen molar-refractivity contribution in [3.63, 3.8) is 0 Å². The Hall–Kier alpha value is -1.48. The van der Waals surface area contributed by atoms with Crippen LogP contribution < -0.4 is 0 Å². The second kappa shape index (κ2) is 4.18. The first kappa shape index (κ1) is 11.0. The van der Waals surface area contributed by atoms with Gasteiger partial charge in [0.1, 0.15) is 10.3 Å². The van der Waals surface area contributed by atoms with Gasteiger partial charge in [-0.05, 0) is 43.5 Å². The van der Waals surface area contributed by atoms with Gasteiger partial charge in [0.05, 0.1) is 0 Å². The van der Waals surface area contributed by atoms with E-state index in [0.717, 1.165) is 11.3 Å². The van der Waals surface area contributed by atoms with E-state index in [0.29, 0.717) is 4.64 Å². The van der Waals surface area contributed by atoms with Crippen molar-refractivity contribution in [2.24, 2.45) is 0 Å². The predicted molar refractivity (Wildman–Crippen MR) is 69.1 cm³/mol. The first-order valence-corrected chi connectivity index (χ1v) is 5.62. The summed E-state index contributed by atoms with van der Waals surface area (Å²) in [6, 6.07) is 4.32. The number of aromatic amines is 1. The quantitative estimate of drug-likeness (QED) is 0.756. The molecule has 0 amide bonds. The largest absolute Gasteiger partial charge is 0.350 e. The SMILES string of the molecule is Cc1cc(C)c(-c2ncc[nH]c2=S)cc1C. The number of aryl methyl sites for hydroxylation is 3. The molecule has 0 saturated carbocycles. The second-order valence-corrected chi connectivity index (χ2v) is 4.43. The molecule has 0 spiro atoms. The lowest BCUT2D eigenvalue weighted by molar-refractivity contribution is 1.17. The molecule has 0 saturated heterocycles. The zero-order valence-corrected chi connectivity index (χ0v) is 10.5. The fraction of sp³-hybridized carbons (Fsp3) is 0.231. The summed E-state index contributed by atoms with van der Waals surface area (Å²) in [5.74, 6) is 0. The number of nitrogens with one attached hydrogen (secondary N) is 1. The van der Waals surface area contributed by atoms with Crippen molar-refractivity contribution in [2.45, 2.75) is 20.8 Å².